The first-order chi connectivity index (χ1) is 12.9. The van der Waals surface area contributed by atoms with Crippen LogP contribution in [0.15, 0.2) is 24.3 Å². The number of phenolic OH excluding ortho intramolecular Hbond substituents is 1. The molecule has 0 fully saturated rings. The number of H-pyrrole nitrogens is 1. The molecule has 0 spiro atoms. The number of aromatic amines is 1. The van der Waals surface area contributed by atoms with Gasteiger partial charge in [-0.05, 0) is 38.4 Å². The molecular formula is C20H21N3O4. The molecule has 3 aromatic rings. The van der Waals surface area contributed by atoms with E-state index in [0.29, 0.717) is 36.2 Å². The fourth-order valence-corrected chi connectivity index (χ4v) is 3.67. The lowest BCUT2D eigenvalue weighted by Crippen LogP contribution is -2.35. The van der Waals surface area contributed by atoms with Gasteiger partial charge in [-0.15, -0.1) is 0 Å². The lowest BCUT2D eigenvalue weighted by atomic mass is 9.98. The van der Waals surface area contributed by atoms with Crippen molar-refractivity contribution < 1.29 is 19.4 Å². The smallest absolute Gasteiger partial charge is 0.262 e. The number of fused-ring (bicyclic) bond motifs is 5. The Morgan fingerprint density at radius 3 is 2.67 bits per heavy atom. The van der Waals surface area contributed by atoms with Crippen molar-refractivity contribution >= 4 is 33.6 Å². The van der Waals surface area contributed by atoms with E-state index in [0.717, 1.165) is 22.0 Å². The molecule has 4 rings (SSSR count). The average molecular weight is 367 g/mol. The summed E-state index contributed by atoms with van der Waals surface area (Å²) in [6.45, 7) is 1.23. The van der Waals surface area contributed by atoms with Crippen LogP contribution in [0.1, 0.15) is 26.3 Å². The van der Waals surface area contributed by atoms with E-state index >= 15 is 0 Å². The molecule has 0 saturated heterocycles. The Morgan fingerprint density at radius 1 is 1.19 bits per heavy atom. The molecule has 1 aliphatic heterocycles. The Kier molecular flexibility index (Phi) is 4.13. The van der Waals surface area contributed by atoms with Crippen molar-refractivity contribution in [2.24, 2.45) is 0 Å². The maximum Gasteiger partial charge on any atom is 0.262 e. The number of benzene rings is 2. The molecule has 2 heterocycles. The molecule has 0 radical (unpaired) electrons. The number of amides is 2. The number of phenols is 1. The number of ether oxygens (including phenoxy) is 1. The van der Waals surface area contributed by atoms with Gasteiger partial charge < -0.3 is 19.7 Å². The molecule has 1 aliphatic rings. The van der Waals surface area contributed by atoms with Crippen molar-refractivity contribution in [1.82, 2.24) is 14.8 Å². The average Bonchev–Trinajstić information content (AvgIpc) is 3.10. The predicted octanol–water partition coefficient (Wildman–Crippen LogP) is 2.33. The van der Waals surface area contributed by atoms with E-state index in [1.54, 1.807) is 31.4 Å². The maximum atomic E-state index is 13.1. The fraction of sp³-hybridized carbons (Fsp3) is 0.300. The summed E-state index contributed by atoms with van der Waals surface area (Å²) in [7, 11) is 5.38. The van der Waals surface area contributed by atoms with E-state index in [1.807, 2.05) is 19.0 Å². The molecule has 140 valence electrons. The van der Waals surface area contributed by atoms with Crippen LogP contribution in [0.4, 0.5) is 0 Å². The molecule has 2 N–H and O–H groups in total. The van der Waals surface area contributed by atoms with Crippen LogP contribution in [0.2, 0.25) is 0 Å². The second-order valence-electron chi connectivity index (χ2n) is 7.06. The van der Waals surface area contributed by atoms with Gasteiger partial charge in [-0.1, -0.05) is 0 Å². The summed E-state index contributed by atoms with van der Waals surface area (Å²) >= 11 is 0. The summed E-state index contributed by atoms with van der Waals surface area (Å²) in [5, 5.41) is 11.3. The van der Waals surface area contributed by atoms with Gasteiger partial charge in [0, 0.05) is 42.1 Å². The number of carbonyl (C=O) groups excluding carboxylic acids is 2. The predicted molar refractivity (Wildman–Crippen MR) is 102 cm³/mol. The van der Waals surface area contributed by atoms with Crippen LogP contribution < -0.4 is 0 Å². The minimum atomic E-state index is -0.296. The normalized spacial score (nSPS) is 14.1. The van der Waals surface area contributed by atoms with Crippen molar-refractivity contribution in [1.29, 1.82) is 0 Å². The Morgan fingerprint density at radius 2 is 1.96 bits per heavy atom. The number of carbonyl (C=O) groups is 2. The number of hydrogen-bond donors (Lipinski definition) is 2. The van der Waals surface area contributed by atoms with Crippen LogP contribution in [-0.4, -0.2) is 66.0 Å². The number of aromatic hydroxyl groups is 1. The van der Waals surface area contributed by atoms with Gasteiger partial charge in [0.25, 0.3) is 11.8 Å². The standard InChI is InChI=1S/C20H21N3O4/c1-22(2)6-7-23-19(25)14-8-11(10-27-3)18-16(17(14)20(23)26)13-9-12(24)4-5-15(13)21-18/h4-5,8-9,21,24H,6-7,10H2,1-3H3. The molecule has 2 amide bonds. The van der Waals surface area contributed by atoms with Crippen molar-refractivity contribution in [3.63, 3.8) is 0 Å². The lowest BCUT2D eigenvalue weighted by Gasteiger charge is -2.16. The van der Waals surface area contributed by atoms with Crippen LogP contribution >= 0.6 is 0 Å². The van der Waals surface area contributed by atoms with E-state index in [4.69, 9.17) is 4.74 Å². The first kappa shape index (κ1) is 17.5. The van der Waals surface area contributed by atoms with E-state index in [1.165, 1.54) is 4.90 Å². The highest BCUT2D eigenvalue weighted by Crippen LogP contribution is 2.38. The van der Waals surface area contributed by atoms with Gasteiger partial charge in [-0.25, -0.2) is 0 Å². The summed E-state index contributed by atoms with van der Waals surface area (Å²) < 4.78 is 5.30. The minimum absolute atomic E-state index is 0.107. The summed E-state index contributed by atoms with van der Waals surface area (Å²) in [6, 6.07) is 6.71. The van der Waals surface area contributed by atoms with Gasteiger partial charge in [0.1, 0.15) is 5.75 Å². The van der Waals surface area contributed by atoms with Crippen molar-refractivity contribution in [2.45, 2.75) is 6.61 Å². The number of rotatable bonds is 5. The minimum Gasteiger partial charge on any atom is -0.508 e. The molecule has 27 heavy (non-hydrogen) atoms. The molecule has 0 bridgehead atoms. The summed E-state index contributed by atoms with van der Waals surface area (Å²) in [4.78, 5) is 32.6. The van der Waals surface area contributed by atoms with Crippen molar-refractivity contribution in [3.8, 4) is 5.75 Å². The van der Waals surface area contributed by atoms with Crippen LogP contribution in [0.25, 0.3) is 21.8 Å². The van der Waals surface area contributed by atoms with Gasteiger partial charge in [0.15, 0.2) is 0 Å². The topological polar surface area (TPSA) is 85.9 Å². The van der Waals surface area contributed by atoms with E-state index < -0.39 is 0 Å². The summed E-state index contributed by atoms with van der Waals surface area (Å²) in [6.07, 6.45) is 0. The Balaban J connectivity index is 1.99. The van der Waals surface area contributed by atoms with Gasteiger partial charge in [-0.2, -0.15) is 0 Å². The third-order valence-electron chi connectivity index (χ3n) is 4.95. The fourth-order valence-electron chi connectivity index (χ4n) is 3.67. The monoisotopic (exact) mass is 367 g/mol. The van der Waals surface area contributed by atoms with Gasteiger partial charge in [0.2, 0.25) is 0 Å². The summed E-state index contributed by atoms with van der Waals surface area (Å²) in [5.41, 5.74) is 3.14. The number of imide groups is 1. The van der Waals surface area contributed by atoms with Crippen LogP contribution in [0.3, 0.4) is 0 Å². The lowest BCUT2D eigenvalue weighted by molar-refractivity contribution is 0.0645. The zero-order chi connectivity index (χ0) is 19.3. The van der Waals surface area contributed by atoms with E-state index in [2.05, 4.69) is 4.98 Å². The molecule has 7 heteroatoms. The number of methoxy groups -OCH3 is 1. The third-order valence-corrected chi connectivity index (χ3v) is 4.95. The highest BCUT2D eigenvalue weighted by Gasteiger charge is 2.38. The number of hydrogen-bond acceptors (Lipinski definition) is 5. The third kappa shape index (κ3) is 2.67. The highest BCUT2D eigenvalue weighted by atomic mass is 16.5. The van der Waals surface area contributed by atoms with E-state index in [9.17, 15) is 14.7 Å². The number of nitrogens with one attached hydrogen (secondary N) is 1. The molecule has 0 aliphatic carbocycles. The molecule has 7 nitrogen and oxygen atoms in total. The Hall–Kier alpha value is -2.90. The van der Waals surface area contributed by atoms with Gasteiger partial charge >= 0.3 is 0 Å². The summed E-state index contributed by atoms with van der Waals surface area (Å²) in [5.74, 6) is -0.476. The Bertz CT molecular complexity index is 1080. The number of likely N-dealkylation sites (N-methyl/N-ethyl adjacent to an activating group) is 1. The van der Waals surface area contributed by atoms with Crippen LogP contribution in [-0.2, 0) is 11.3 Å². The molecule has 0 atom stereocenters. The first-order valence-corrected chi connectivity index (χ1v) is 8.72. The van der Waals surface area contributed by atoms with Crippen molar-refractivity contribution in [3.05, 3.63) is 41.0 Å². The molecule has 2 aromatic carbocycles. The largest absolute Gasteiger partial charge is 0.508 e. The molecule has 0 saturated carbocycles. The SMILES string of the molecule is COCc1cc2c(c3c1[nH]c1ccc(O)cc13)C(=O)N(CCN(C)C)C2=O. The molecule has 1 aromatic heterocycles. The quantitative estimate of drug-likeness (QED) is 0.676. The second kappa shape index (κ2) is 6.37. The first-order valence-electron chi connectivity index (χ1n) is 8.72. The zero-order valence-electron chi connectivity index (χ0n) is 15.5. The number of aromatic nitrogens is 1. The van der Waals surface area contributed by atoms with Gasteiger partial charge in [0.05, 0.1) is 23.3 Å². The highest BCUT2D eigenvalue weighted by molar-refractivity contribution is 6.30. The van der Waals surface area contributed by atoms with Crippen LogP contribution in [0, 0.1) is 0 Å². The van der Waals surface area contributed by atoms with Crippen molar-refractivity contribution in [2.75, 3.05) is 34.3 Å². The maximum absolute atomic E-state index is 13.1. The number of nitrogens with zero attached hydrogens (tertiary/aromatic N) is 2. The van der Waals surface area contributed by atoms with Gasteiger partial charge in [-0.3, -0.25) is 14.5 Å². The second-order valence-corrected chi connectivity index (χ2v) is 7.06. The molecular weight excluding hydrogens is 346 g/mol. The zero-order valence-corrected chi connectivity index (χ0v) is 15.5. The van der Waals surface area contributed by atoms with Crippen LogP contribution in [0.5, 0.6) is 5.75 Å². The molecule has 0 unspecified atom stereocenters. The van der Waals surface area contributed by atoms with E-state index in [-0.39, 0.29) is 17.6 Å². The Labute approximate surface area is 156 Å².